The summed E-state index contributed by atoms with van der Waals surface area (Å²) in [6, 6.07) is 10.00. The topological polar surface area (TPSA) is 116 Å². The maximum Gasteiger partial charge on any atom is 0.330 e. The molecule has 11 heteroatoms. The van der Waals surface area contributed by atoms with Crippen LogP contribution in [0.2, 0.25) is 5.02 Å². The Kier molecular flexibility index (Phi) is 7.93. The number of carbonyl (C=O) groups excluding carboxylic acids is 1. The van der Waals surface area contributed by atoms with Crippen molar-refractivity contribution in [2.45, 2.75) is 4.90 Å². The number of nitro groups is 1. The van der Waals surface area contributed by atoms with E-state index in [0.29, 0.717) is 11.3 Å². The molecule has 2 rings (SSSR count). The molecular formula is C19H19ClN2O7S. The number of ether oxygens (including phenoxy) is 2. The van der Waals surface area contributed by atoms with Crippen LogP contribution in [0.4, 0.5) is 5.69 Å². The lowest BCUT2D eigenvalue weighted by Gasteiger charge is -2.12. The van der Waals surface area contributed by atoms with Crippen LogP contribution in [0.1, 0.15) is 5.56 Å². The van der Waals surface area contributed by atoms with Gasteiger partial charge in [-0.3, -0.25) is 10.1 Å². The van der Waals surface area contributed by atoms with Gasteiger partial charge in [-0.05, 0) is 42.0 Å². The van der Waals surface area contributed by atoms with E-state index in [2.05, 4.69) is 0 Å². The second-order valence-electron chi connectivity index (χ2n) is 6.08. The minimum atomic E-state index is -3.51. The van der Waals surface area contributed by atoms with Crippen LogP contribution in [0, 0.1) is 10.1 Å². The molecule has 0 unspecified atom stereocenters. The predicted molar refractivity (Wildman–Crippen MR) is 111 cm³/mol. The average molecular weight is 455 g/mol. The molecule has 30 heavy (non-hydrogen) atoms. The van der Waals surface area contributed by atoms with E-state index in [-0.39, 0.29) is 28.8 Å². The van der Waals surface area contributed by atoms with Crippen molar-refractivity contribution in [3.63, 3.8) is 0 Å². The van der Waals surface area contributed by atoms with Gasteiger partial charge in [-0.2, -0.15) is 0 Å². The van der Waals surface area contributed by atoms with Crippen LogP contribution in [-0.4, -0.2) is 50.9 Å². The van der Waals surface area contributed by atoms with E-state index in [4.69, 9.17) is 21.1 Å². The molecule has 0 fully saturated rings. The van der Waals surface area contributed by atoms with E-state index in [9.17, 15) is 23.3 Å². The molecular weight excluding hydrogens is 436 g/mol. The van der Waals surface area contributed by atoms with Gasteiger partial charge in [0.15, 0.2) is 0 Å². The van der Waals surface area contributed by atoms with E-state index >= 15 is 0 Å². The van der Waals surface area contributed by atoms with Crippen molar-refractivity contribution in [2.24, 2.45) is 0 Å². The van der Waals surface area contributed by atoms with Crippen LogP contribution < -0.4 is 4.74 Å². The van der Waals surface area contributed by atoms with Crippen molar-refractivity contribution >= 4 is 39.4 Å². The zero-order valence-electron chi connectivity index (χ0n) is 16.1. The number of hydrogen-bond acceptors (Lipinski definition) is 7. The number of nitro benzene ring substituents is 1. The quantitative estimate of drug-likeness (QED) is 0.188. The largest absolute Gasteiger partial charge is 0.490 e. The number of hydrogen-bond donors (Lipinski definition) is 0. The van der Waals surface area contributed by atoms with E-state index in [1.165, 1.54) is 62.6 Å². The molecule has 2 aromatic carbocycles. The highest BCUT2D eigenvalue weighted by atomic mass is 35.5. The molecule has 0 N–H and O–H groups in total. The Bertz CT molecular complexity index is 1050. The normalized spacial score (nSPS) is 11.6. The zero-order chi connectivity index (χ0) is 22.3. The Hall–Kier alpha value is -2.95. The molecule has 0 saturated carbocycles. The number of esters is 1. The van der Waals surface area contributed by atoms with Gasteiger partial charge in [0.25, 0.3) is 5.69 Å². The number of benzene rings is 2. The average Bonchev–Trinajstić information content (AvgIpc) is 2.70. The number of nitrogens with zero attached hydrogens (tertiary/aromatic N) is 2. The molecule has 9 nitrogen and oxygen atoms in total. The third-order valence-electron chi connectivity index (χ3n) is 3.78. The van der Waals surface area contributed by atoms with Crippen LogP contribution in [0.15, 0.2) is 53.4 Å². The molecule has 0 spiro atoms. The van der Waals surface area contributed by atoms with Gasteiger partial charge >= 0.3 is 5.97 Å². The van der Waals surface area contributed by atoms with Gasteiger partial charge in [-0.25, -0.2) is 17.5 Å². The van der Waals surface area contributed by atoms with Crippen molar-refractivity contribution in [3.05, 3.63) is 69.2 Å². The van der Waals surface area contributed by atoms with E-state index < -0.39 is 20.9 Å². The lowest BCUT2D eigenvalue weighted by atomic mass is 10.2. The summed E-state index contributed by atoms with van der Waals surface area (Å²) in [4.78, 5) is 22.1. The first-order chi connectivity index (χ1) is 14.1. The Morgan fingerprint density at radius 3 is 2.43 bits per heavy atom. The minimum absolute atomic E-state index is 0.00391. The van der Waals surface area contributed by atoms with E-state index in [1.54, 1.807) is 0 Å². The smallest absolute Gasteiger partial charge is 0.330 e. The van der Waals surface area contributed by atoms with Crippen molar-refractivity contribution < 1.29 is 27.6 Å². The van der Waals surface area contributed by atoms with Crippen molar-refractivity contribution in [2.75, 3.05) is 27.3 Å². The summed E-state index contributed by atoms with van der Waals surface area (Å²) in [7, 11) is -0.631. The van der Waals surface area contributed by atoms with Crippen LogP contribution in [0.3, 0.4) is 0 Å². The second-order valence-corrected chi connectivity index (χ2v) is 8.64. The van der Waals surface area contributed by atoms with Gasteiger partial charge in [0.1, 0.15) is 24.0 Å². The molecule has 2 aromatic rings. The number of halogens is 1. The highest BCUT2D eigenvalue weighted by Gasteiger charge is 2.16. The van der Waals surface area contributed by atoms with Crippen LogP contribution in [0.5, 0.6) is 5.75 Å². The predicted octanol–water partition coefficient (Wildman–Crippen LogP) is 3.13. The lowest BCUT2D eigenvalue weighted by molar-refractivity contribution is -0.384. The standard InChI is InChI=1S/C19H19ClN2O7S/c1-21(2)30(26,27)16-7-5-15(6-8-16)28-11-12-29-19(23)10-4-14-3-9-17(20)18(13-14)22(24)25/h3-10,13H,11-12H2,1-2H3/b10-4+. The fourth-order valence-corrected chi connectivity index (χ4v) is 3.29. The number of carbonyl (C=O) groups is 1. The Morgan fingerprint density at radius 1 is 1.17 bits per heavy atom. The maximum absolute atomic E-state index is 12.0. The monoisotopic (exact) mass is 454 g/mol. The molecule has 0 aliphatic carbocycles. The van der Waals surface area contributed by atoms with Gasteiger partial charge < -0.3 is 9.47 Å². The van der Waals surface area contributed by atoms with Gasteiger partial charge in [-0.15, -0.1) is 0 Å². The summed E-state index contributed by atoms with van der Waals surface area (Å²) in [5.41, 5.74) is 0.164. The van der Waals surface area contributed by atoms with E-state index in [0.717, 1.165) is 10.4 Å². The molecule has 0 radical (unpaired) electrons. The molecule has 0 saturated heterocycles. The summed E-state index contributed by atoms with van der Waals surface area (Å²) < 4.78 is 35.5. The molecule has 0 bridgehead atoms. The summed E-state index contributed by atoms with van der Waals surface area (Å²) in [6.07, 6.45) is 2.50. The highest BCUT2D eigenvalue weighted by Crippen LogP contribution is 2.25. The van der Waals surface area contributed by atoms with Gasteiger partial charge in [0.05, 0.1) is 9.82 Å². The molecule has 0 aromatic heterocycles. The van der Waals surface area contributed by atoms with Gasteiger partial charge in [-0.1, -0.05) is 17.7 Å². The lowest BCUT2D eigenvalue weighted by Crippen LogP contribution is -2.22. The van der Waals surface area contributed by atoms with Crippen molar-refractivity contribution in [3.8, 4) is 5.75 Å². The highest BCUT2D eigenvalue weighted by molar-refractivity contribution is 7.89. The van der Waals surface area contributed by atoms with Crippen molar-refractivity contribution in [1.29, 1.82) is 0 Å². The molecule has 0 amide bonds. The number of sulfonamides is 1. The van der Waals surface area contributed by atoms with Gasteiger partial charge in [0, 0.05) is 26.2 Å². The molecule has 0 atom stereocenters. The first-order valence-corrected chi connectivity index (χ1v) is 10.4. The minimum Gasteiger partial charge on any atom is -0.490 e. The summed E-state index contributed by atoms with van der Waals surface area (Å²) >= 11 is 5.73. The second kappa shape index (κ2) is 10.2. The molecule has 160 valence electrons. The van der Waals surface area contributed by atoms with Gasteiger partial charge in [0.2, 0.25) is 10.0 Å². The van der Waals surface area contributed by atoms with E-state index in [1.807, 2.05) is 0 Å². The Balaban J connectivity index is 1.82. The Labute approximate surface area is 178 Å². The fourth-order valence-electron chi connectivity index (χ4n) is 2.21. The fraction of sp³-hybridized carbons (Fsp3) is 0.211. The van der Waals surface area contributed by atoms with Crippen LogP contribution >= 0.6 is 11.6 Å². The molecule has 0 aliphatic heterocycles. The molecule has 0 heterocycles. The first-order valence-electron chi connectivity index (χ1n) is 8.55. The summed E-state index contributed by atoms with van der Waals surface area (Å²) in [5, 5.41) is 10.9. The number of rotatable bonds is 9. The van der Waals surface area contributed by atoms with Crippen molar-refractivity contribution in [1.82, 2.24) is 4.31 Å². The Morgan fingerprint density at radius 2 is 1.83 bits per heavy atom. The van der Waals surface area contributed by atoms with Crippen LogP contribution in [0.25, 0.3) is 6.08 Å². The zero-order valence-corrected chi connectivity index (χ0v) is 17.7. The summed E-state index contributed by atoms with van der Waals surface area (Å²) in [6.45, 7) is 0.0213. The SMILES string of the molecule is CN(C)S(=O)(=O)c1ccc(OCCOC(=O)/C=C/c2ccc(Cl)c([N+](=O)[O-])c2)cc1. The first kappa shape index (κ1) is 23.3. The maximum atomic E-state index is 12.0. The molecule has 0 aliphatic rings. The third-order valence-corrected chi connectivity index (χ3v) is 5.93. The van der Waals surface area contributed by atoms with Crippen LogP contribution in [-0.2, 0) is 19.6 Å². The summed E-state index contributed by atoms with van der Waals surface area (Å²) in [5.74, 6) is -0.226. The third kappa shape index (κ3) is 6.28.